The summed E-state index contributed by atoms with van der Waals surface area (Å²) in [5.74, 6) is 0.636. The Morgan fingerprint density at radius 1 is 1.39 bits per heavy atom. The second-order valence-corrected chi connectivity index (χ2v) is 4.22. The van der Waals surface area contributed by atoms with Gasteiger partial charge in [-0.3, -0.25) is 4.79 Å². The summed E-state index contributed by atoms with van der Waals surface area (Å²) in [5, 5.41) is 2.83. The summed E-state index contributed by atoms with van der Waals surface area (Å²) < 4.78 is 5.56. The van der Waals surface area contributed by atoms with Crippen molar-refractivity contribution < 1.29 is 9.53 Å². The Balaban J connectivity index is 2.37. The van der Waals surface area contributed by atoms with E-state index in [2.05, 4.69) is 5.32 Å². The Morgan fingerprint density at radius 3 is 2.67 bits per heavy atom. The molecule has 0 aliphatic heterocycles. The predicted octanol–water partition coefficient (Wildman–Crippen LogP) is 2.84. The van der Waals surface area contributed by atoms with E-state index in [1.807, 2.05) is 50.3 Å². The third-order valence-electron chi connectivity index (χ3n) is 2.55. The molecule has 0 aliphatic carbocycles. The lowest BCUT2D eigenvalue weighted by atomic mass is 10.2. The first-order valence-electron chi connectivity index (χ1n) is 6.25. The molecule has 98 valence electrons. The van der Waals surface area contributed by atoms with Crippen molar-refractivity contribution in [3.63, 3.8) is 0 Å². The molecule has 0 aromatic heterocycles. The van der Waals surface area contributed by atoms with Gasteiger partial charge in [-0.15, -0.1) is 0 Å². The van der Waals surface area contributed by atoms with Gasteiger partial charge in [0.05, 0.1) is 0 Å². The molecule has 1 N–H and O–H groups in total. The Labute approximate surface area is 109 Å². The summed E-state index contributed by atoms with van der Waals surface area (Å²) in [6.07, 6.45) is 4.36. The molecule has 1 aromatic rings. The largest absolute Gasteiger partial charge is 0.481 e. The summed E-state index contributed by atoms with van der Waals surface area (Å²) in [4.78, 5) is 11.7. The number of allylic oxidation sites excluding steroid dienone is 1. The number of hydrogen-bond donors (Lipinski definition) is 1. The fraction of sp³-hybridized carbons (Fsp3) is 0.400. The normalized spacial score (nSPS) is 12.4. The fourth-order valence-corrected chi connectivity index (χ4v) is 1.46. The molecular weight excluding hydrogens is 226 g/mol. The Hall–Kier alpha value is -1.77. The maximum absolute atomic E-state index is 11.7. The van der Waals surface area contributed by atoms with E-state index < -0.39 is 6.10 Å². The van der Waals surface area contributed by atoms with E-state index in [1.165, 1.54) is 5.56 Å². The SMILES string of the molecule is C/C=C/CCNC(=O)C(C)Oc1ccc(C)cc1. The molecule has 0 saturated carbocycles. The smallest absolute Gasteiger partial charge is 0.260 e. The fourth-order valence-electron chi connectivity index (χ4n) is 1.46. The van der Waals surface area contributed by atoms with Gasteiger partial charge in [0.15, 0.2) is 6.10 Å². The number of benzene rings is 1. The van der Waals surface area contributed by atoms with Gasteiger partial charge < -0.3 is 10.1 Å². The first-order valence-corrected chi connectivity index (χ1v) is 6.25. The zero-order valence-electron chi connectivity index (χ0n) is 11.3. The van der Waals surface area contributed by atoms with Crippen molar-refractivity contribution in [1.82, 2.24) is 5.32 Å². The highest BCUT2D eigenvalue weighted by Gasteiger charge is 2.13. The van der Waals surface area contributed by atoms with Crippen LogP contribution in [0.4, 0.5) is 0 Å². The van der Waals surface area contributed by atoms with Crippen molar-refractivity contribution in [1.29, 1.82) is 0 Å². The van der Waals surface area contributed by atoms with Crippen molar-refractivity contribution in [2.24, 2.45) is 0 Å². The summed E-state index contributed by atoms with van der Waals surface area (Å²) >= 11 is 0. The van der Waals surface area contributed by atoms with Crippen molar-refractivity contribution in [2.45, 2.75) is 33.3 Å². The van der Waals surface area contributed by atoms with Crippen LogP contribution in [0.1, 0.15) is 25.8 Å². The molecule has 18 heavy (non-hydrogen) atoms. The Kier molecular flexibility index (Phi) is 5.98. The van der Waals surface area contributed by atoms with Gasteiger partial charge in [0.25, 0.3) is 5.91 Å². The van der Waals surface area contributed by atoms with Crippen molar-refractivity contribution in [3.8, 4) is 5.75 Å². The zero-order chi connectivity index (χ0) is 13.4. The van der Waals surface area contributed by atoms with Gasteiger partial charge in [-0.25, -0.2) is 0 Å². The van der Waals surface area contributed by atoms with E-state index in [4.69, 9.17) is 4.74 Å². The van der Waals surface area contributed by atoms with Gasteiger partial charge in [0, 0.05) is 6.54 Å². The molecule has 1 unspecified atom stereocenters. The number of aryl methyl sites for hydroxylation is 1. The third kappa shape index (κ3) is 5.04. The average Bonchev–Trinajstić information content (AvgIpc) is 2.37. The minimum absolute atomic E-state index is 0.0833. The van der Waals surface area contributed by atoms with Crippen LogP contribution in [0.25, 0.3) is 0 Å². The van der Waals surface area contributed by atoms with Crippen LogP contribution in [0.3, 0.4) is 0 Å². The highest BCUT2D eigenvalue weighted by molar-refractivity contribution is 5.80. The van der Waals surface area contributed by atoms with E-state index in [0.29, 0.717) is 6.54 Å². The summed E-state index contributed by atoms with van der Waals surface area (Å²) in [5.41, 5.74) is 1.17. The van der Waals surface area contributed by atoms with E-state index >= 15 is 0 Å². The molecule has 1 rings (SSSR count). The monoisotopic (exact) mass is 247 g/mol. The summed E-state index contributed by atoms with van der Waals surface area (Å²) in [6.45, 7) is 6.38. The molecule has 1 aromatic carbocycles. The van der Waals surface area contributed by atoms with Crippen LogP contribution in [0.5, 0.6) is 5.75 Å². The molecular formula is C15H21NO2. The molecule has 3 heteroatoms. The first-order chi connectivity index (χ1) is 8.63. The molecule has 0 fully saturated rings. The minimum atomic E-state index is -0.474. The molecule has 3 nitrogen and oxygen atoms in total. The summed E-state index contributed by atoms with van der Waals surface area (Å²) in [6, 6.07) is 7.68. The molecule has 0 radical (unpaired) electrons. The van der Waals surface area contributed by atoms with E-state index in [1.54, 1.807) is 6.92 Å². The van der Waals surface area contributed by atoms with Gasteiger partial charge in [0.1, 0.15) is 5.75 Å². The number of amides is 1. The van der Waals surface area contributed by atoms with Gasteiger partial charge in [-0.2, -0.15) is 0 Å². The molecule has 0 bridgehead atoms. The van der Waals surface area contributed by atoms with Crippen molar-refractivity contribution in [2.75, 3.05) is 6.54 Å². The van der Waals surface area contributed by atoms with Gasteiger partial charge in [-0.05, 0) is 39.3 Å². The molecule has 0 aliphatic rings. The maximum atomic E-state index is 11.7. The van der Waals surface area contributed by atoms with Crippen LogP contribution in [-0.2, 0) is 4.79 Å². The lowest BCUT2D eigenvalue weighted by Crippen LogP contribution is -2.36. The van der Waals surface area contributed by atoms with Gasteiger partial charge in [-0.1, -0.05) is 29.8 Å². The Bertz CT molecular complexity index is 395. The van der Waals surface area contributed by atoms with E-state index in [0.717, 1.165) is 12.2 Å². The lowest BCUT2D eigenvalue weighted by molar-refractivity contribution is -0.127. The molecule has 0 heterocycles. The van der Waals surface area contributed by atoms with Crippen molar-refractivity contribution >= 4 is 5.91 Å². The van der Waals surface area contributed by atoms with Crippen LogP contribution in [0.15, 0.2) is 36.4 Å². The van der Waals surface area contributed by atoms with Crippen LogP contribution in [0.2, 0.25) is 0 Å². The van der Waals surface area contributed by atoms with Crippen LogP contribution >= 0.6 is 0 Å². The van der Waals surface area contributed by atoms with Crippen LogP contribution < -0.4 is 10.1 Å². The van der Waals surface area contributed by atoms with Crippen LogP contribution in [0, 0.1) is 6.92 Å². The van der Waals surface area contributed by atoms with Crippen LogP contribution in [-0.4, -0.2) is 18.6 Å². The van der Waals surface area contributed by atoms with Gasteiger partial charge in [0.2, 0.25) is 0 Å². The molecule has 1 atom stereocenters. The minimum Gasteiger partial charge on any atom is -0.481 e. The molecule has 0 spiro atoms. The number of ether oxygens (including phenoxy) is 1. The van der Waals surface area contributed by atoms with Crippen molar-refractivity contribution in [3.05, 3.63) is 42.0 Å². The zero-order valence-corrected chi connectivity index (χ0v) is 11.3. The second kappa shape index (κ2) is 7.54. The second-order valence-electron chi connectivity index (χ2n) is 4.22. The summed E-state index contributed by atoms with van der Waals surface area (Å²) in [7, 11) is 0. The predicted molar refractivity (Wildman–Crippen MR) is 73.7 cm³/mol. The maximum Gasteiger partial charge on any atom is 0.260 e. The Morgan fingerprint density at radius 2 is 2.06 bits per heavy atom. The van der Waals surface area contributed by atoms with E-state index in [9.17, 15) is 4.79 Å². The highest BCUT2D eigenvalue weighted by Crippen LogP contribution is 2.13. The lowest BCUT2D eigenvalue weighted by Gasteiger charge is -2.14. The van der Waals surface area contributed by atoms with Gasteiger partial charge >= 0.3 is 0 Å². The number of carbonyl (C=O) groups is 1. The number of carbonyl (C=O) groups excluding carboxylic acids is 1. The highest BCUT2D eigenvalue weighted by atomic mass is 16.5. The number of hydrogen-bond acceptors (Lipinski definition) is 2. The van der Waals surface area contributed by atoms with E-state index in [-0.39, 0.29) is 5.91 Å². The number of rotatable bonds is 6. The number of nitrogens with one attached hydrogen (secondary N) is 1. The standard InChI is InChI=1S/C15H21NO2/c1-4-5-6-11-16-15(17)13(3)18-14-9-7-12(2)8-10-14/h4-5,7-10,13H,6,11H2,1-3H3,(H,16,17)/b5-4+. The first kappa shape index (κ1) is 14.3. The average molecular weight is 247 g/mol. The topological polar surface area (TPSA) is 38.3 Å². The molecule has 0 saturated heterocycles. The third-order valence-corrected chi connectivity index (χ3v) is 2.55. The molecule has 1 amide bonds. The quantitative estimate of drug-likeness (QED) is 0.620.